The Morgan fingerprint density at radius 3 is 2.55 bits per heavy atom. The van der Waals surface area contributed by atoms with Crippen molar-refractivity contribution in [1.82, 2.24) is 0 Å². The van der Waals surface area contributed by atoms with Crippen LogP contribution in [-0.2, 0) is 11.4 Å². The quantitative estimate of drug-likeness (QED) is 0.397. The lowest BCUT2D eigenvalue weighted by Crippen LogP contribution is -2.07. The number of nitrogens with one attached hydrogen (secondary N) is 1. The fourth-order valence-electron chi connectivity index (χ4n) is 3.12. The van der Waals surface area contributed by atoms with E-state index in [1.54, 1.807) is 43.5 Å². The average Bonchev–Trinajstić information content (AvgIpc) is 3.48. The van der Waals surface area contributed by atoms with Crippen LogP contribution in [-0.4, -0.2) is 18.1 Å². The summed E-state index contributed by atoms with van der Waals surface area (Å²) < 4.78 is 16.8. The number of furan rings is 2. The Balaban J connectivity index is 1.44. The molecule has 0 aliphatic rings. The van der Waals surface area contributed by atoms with Gasteiger partial charge in [-0.1, -0.05) is 30.3 Å². The molecule has 0 bridgehead atoms. The molecule has 4 aromatic rings. The molecule has 6 nitrogen and oxygen atoms in total. The molecule has 0 unspecified atom stereocenters. The molecular formula is C25H21NO5. The summed E-state index contributed by atoms with van der Waals surface area (Å²) in [5.74, 6) is 2.61. The Morgan fingerprint density at radius 1 is 1.00 bits per heavy atom. The Morgan fingerprint density at radius 2 is 1.81 bits per heavy atom. The second kappa shape index (κ2) is 9.19. The zero-order valence-electron chi connectivity index (χ0n) is 16.9. The van der Waals surface area contributed by atoms with Crippen LogP contribution < -0.4 is 10.1 Å². The summed E-state index contributed by atoms with van der Waals surface area (Å²) in [6.07, 6.45) is 3.03. The molecule has 0 fully saturated rings. The molecule has 2 heterocycles. The molecule has 0 saturated carbocycles. The summed E-state index contributed by atoms with van der Waals surface area (Å²) in [6.45, 7) is -0.175. The van der Waals surface area contributed by atoms with Gasteiger partial charge in [0.1, 0.15) is 35.4 Å². The van der Waals surface area contributed by atoms with Gasteiger partial charge < -0.3 is 24.0 Å². The van der Waals surface area contributed by atoms with Crippen LogP contribution in [0.2, 0.25) is 0 Å². The molecule has 2 aromatic heterocycles. The van der Waals surface area contributed by atoms with Crippen LogP contribution in [0.25, 0.3) is 28.7 Å². The van der Waals surface area contributed by atoms with E-state index in [-0.39, 0.29) is 12.5 Å². The van der Waals surface area contributed by atoms with Gasteiger partial charge in [-0.3, -0.25) is 4.79 Å². The van der Waals surface area contributed by atoms with Gasteiger partial charge in [0, 0.05) is 23.4 Å². The van der Waals surface area contributed by atoms with Gasteiger partial charge >= 0.3 is 0 Å². The van der Waals surface area contributed by atoms with Crippen molar-refractivity contribution in [3.05, 3.63) is 90.4 Å². The lowest BCUT2D eigenvalue weighted by Gasteiger charge is -2.09. The van der Waals surface area contributed by atoms with Crippen LogP contribution in [0.3, 0.4) is 0 Å². The van der Waals surface area contributed by atoms with Crippen molar-refractivity contribution < 1.29 is 23.5 Å². The number of benzene rings is 2. The maximum atomic E-state index is 12.3. The maximum Gasteiger partial charge on any atom is 0.248 e. The predicted octanol–water partition coefficient (Wildman–Crippen LogP) is 5.36. The molecule has 0 spiro atoms. The van der Waals surface area contributed by atoms with Crippen LogP contribution in [0.5, 0.6) is 5.75 Å². The smallest absolute Gasteiger partial charge is 0.248 e. The number of hydrogen-bond donors (Lipinski definition) is 2. The highest BCUT2D eigenvalue weighted by Crippen LogP contribution is 2.33. The summed E-state index contributed by atoms with van der Waals surface area (Å²) in [6, 6.07) is 22.2. The molecule has 31 heavy (non-hydrogen) atoms. The van der Waals surface area contributed by atoms with E-state index in [9.17, 15) is 9.90 Å². The average molecular weight is 415 g/mol. The van der Waals surface area contributed by atoms with Crippen LogP contribution in [0, 0.1) is 0 Å². The number of hydrogen-bond acceptors (Lipinski definition) is 5. The fourth-order valence-corrected chi connectivity index (χ4v) is 3.12. The minimum atomic E-state index is -0.298. The highest BCUT2D eigenvalue weighted by molar-refractivity contribution is 6.02. The van der Waals surface area contributed by atoms with Crippen molar-refractivity contribution in [3.63, 3.8) is 0 Å². The molecule has 1 amide bonds. The van der Waals surface area contributed by atoms with Crippen molar-refractivity contribution in [2.45, 2.75) is 6.61 Å². The number of carbonyl (C=O) groups is 1. The van der Waals surface area contributed by atoms with E-state index < -0.39 is 0 Å². The summed E-state index contributed by atoms with van der Waals surface area (Å²) in [5.41, 5.74) is 2.27. The lowest BCUT2D eigenvalue weighted by atomic mass is 10.1. The standard InChI is InChI=1S/C25H21NO5/c1-29-24-15-18(7-11-21(24)23-13-9-20(16-27)31-23)26-25(28)14-10-19-8-12-22(30-19)17-5-3-2-4-6-17/h2-15,27H,16H2,1H3,(H,26,28)/b14-10+. The summed E-state index contributed by atoms with van der Waals surface area (Å²) in [7, 11) is 1.54. The van der Waals surface area contributed by atoms with Crippen molar-refractivity contribution >= 4 is 17.7 Å². The Labute approximate surface area is 179 Å². The maximum absolute atomic E-state index is 12.3. The normalized spacial score (nSPS) is 11.0. The Hall–Kier alpha value is -4.03. The van der Waals surface area contributed by atoms with E-state index in [0.29, 0.717) is 28.7 Å². The molecule has 0 radical (unpaired) electrons. The number of ether oxygens (including phenoxy) is 1. The molecule has 0 atom stereocenters. The van der Waals surface area contributed by atoms with Crippen molar-refractivity contribution in [1.29, 1.82) is 0 Å². The van der Waals surface area contributed by atoms with E-state index in [1.807, 2.05) is 42.5 Å². The first kappa shape index (κ1) is 20.3. The number of anilines is 1. The third-order valence-electron chi connectivity index (χ3n) is 4.64. The third kappa shape index (κ3) is 4.76. The minimum absolute atomic E-state index is 0.175. The third-order valence-corrected chi connectivity index (χ3v) is 4.64. The van der Waals surface area contributed by atoms with Gasteiger partial charge in [0.2, 0.25) is 5.91 Å². The van der Waals surface area contributed by atoms with Crippen LogP contribution in [0.1, 0.15) is 11.5 Å². The molecule has 2 aromatic carbocycles. The first-order valence-electron chi connectivity index (χ1n) is 9.68. The van der Waals surface area contributed by atoms with Crippen molar-refractivity contribution in [2.75, 3.05) is 12.4 Å². The molecule has 156 valence electrons. The largest absolute Gasteiger partial charge is 0.496 e. The van der Waals surface area contributed by atoms with Gasteiger partial charge in [-0.15, -0.1) is 0 Å². The highest BCUT2D eigenvalue weighted by Gasteiger charge is 2.12. The van der Waals surface area contributed by atoms with E-state index in [0.717, 1.165) is 16.9 Å². The fraction of sp³-hybridized carbons (Fsp3) is 0.0800. The SMILES string of the molecule is COc1cc(NC(=O)/C=C/c2ccc(-c3ccccc3)o2)ccc1-c1ccc(CO)o1. The van der Waals surface area contributed by atoms with Crippen LogP contribution in [0.4, 0.5) is 5.69 Å². The predicted molar refractivity (Wildman–Crippen MR) is 118 cm³/mol. The number of methoxy groups -OCH3 is 1. The second-order valence-corrected chi connectivity index (χ2v) is 6.73. The van der Waals surface area contributed by atoms with E-state index in [4.69, 9.17) is 13.6 Å². The molecule has 0 aliphatic heterocycles. The van der Waals surface area contributed by atoms with Gasteiger partial charge in [-0.2, -0.15) is 0 Å². The van der Waals surface area contributed by atoms with Gasteiger partial charge in [0.05, 0.1) is 12.7 Å². The molecule has 2 N–H and O–H groups in total. The number of aliphatic hydroxyl groups excluding tert-OH is 1. The molecular weight excluding hydrogens is 394 g/mol. The molecule has 0 aliphatic carbocycles. The monoisotopic (exact) mass is 415 g/mol. The van der Waals surface area contributed by atoms with Crippen LogP contribution >= 0.6 is 0 Å². The molecule has 6 heteroatoms. The van der Waals surface area contributed by atoms with Crippen LogP contribution in [0.15, 0.2) is 87.7 Å². The first-order valence-corrected chi connectivity index (χ1v) is 9.68. The summed E-state index contributed by atoms with van der Waals surface area (Å²) >= 11 is 0. The highest BCUT2D eigenvalue weighted by atomic mass is 16.5. The van der Waals surface area contributed by atoms with Crippen molar-refractivity contribution in [2.24, 2.45) is 0 Å². The number of amides is 1. The van der Waals surface area contributed by atoms with E-state index in [1.165, 1.54) is 6.08 Å². The van der Waals surface area contributed by atoms with Gasteiger partial charge in [0.15, 0.2) is 0 Å². The van der Waals surface area contributed by atoms with E-state index in [2.05, 4.69) is 5.32 Å². The first-order chi connectivity index (χ1) is 15.2. The summed E-state index contributed by atoms with van der Waals surface area (Å²) in [4.78, 5) is 12.3. The number of aliphatic hydroxyl groups is 1. The second-order valence-electron chi connectivity index (χ2n) is 6.73. The lowest BCUT2D eigenvalue weighted by molar-refractivity contribution is -0.111. The molecule has 4 rings (SSSR count). The zero-order chi connectivity index (χ0) is 21.6. The number of carbonyl (C=O) groups excluding carboxylic acids is 1. The Kier molecular flexibility index (Phi) is 6.01. The van der Waals surface area contributed by atoms with Gasteiger partial charge in [0.25, 0.3) is 0 Å². The molecule has 0 saturated heterocycles. The number of rotatable bonds is 7. The van der Waals surface area contributed by atoms with Crippen molar-refractivity contribution in [3.8, 4) is 28.4 Å². The summed E-state index contributed by atoms with van der Waals surface area (Å²) in [5, 5.41) is 12.0. The van der Waals surface area contributed by atoms with E-state index >= 15 is 0 Å². The topological polar surface area (TPSA) is 84.8 Å². The zero-order valence-corrected chi connectivity index (χ0v) is 16.9. The Bertz CT molecular complexity index is 1200. The van der Waals surface area contributed by atoms with Gasteiger partial charge in [-0.05, 0) is 42.5 Å². The minimum Gasteiger partial charge on any atom is -0.496 e. The van der Waals surface area contributed by atoms with Gasteiger partial charge in [-0.25, -0.2) is 0 Å².